The van der Waals surface area contributed by atoms with E-state index < -0.39 is 15.8 Å². The van der Waals surface area contributed by atoms with Crippen molar-refractivity contribution in [3.8, 4) is 0 Å². The summed E-state index contributed by atoms with van der Waals surface area (Å²) in [5, 5.41) is 5.42. The molecule has 3 amide bonds. The molecule has 0 bridgehead atoms. The third-order valence-corrected chi connectivity index (χ3v) is 7.29. The van der Waals surface area contributed by atoms with E-state index in [0.717, 1.165) is 22.4 Å². The number of benzene rings is 1. The lowest BCUT2D eigenvalue weighted by Crippen LogP contribution is -2.40. The van der Waals surface area contributed by atoms with E-state index >= 15 is 0 Å². The molecule has 9 heteroatoms. The number of rotatable bonds is 5. The second-order valence-electron chi connectivity index (χ2n) is 8.04. The number of hydrogen-bond acceptors (Lipinski definition) is 5. The predicted octanol–water partition coefficient (Wildman–Crippen LogP) is 0.702. The van der Waals surface area contributed by atoms with Crippen LogP contribution in [0.2, 0.25) is 0 Å². The average Bonchev–Trinajstić information content (AvgIpc) is 3.18. The molecule has 3 rings (SSSR count). The Morgan fingerprint density at radius 1 is 1.17 bits per heavy atom. The first-order valence-electron chi connectivity index (χ1n) is 9.71. The van der Waals surface area contributed by atoms with Crippen LogP contribution in [0.15, 0.2) is 12.1 Å². The topological polar surface area (TPSA) is 113 Å². The molecule has 29 heavy (non-hydrogen) atoms. The Bertz CT molecular complexity index is 934. The fraction of sp³-hybridized carbons (Fsp3) is 0.550. The highest BCUT2D eigenvalue weighted by atomic mass is 32.2. The summed E-state index contributed by atoms with van der Waals surface area (Å²) >= 11 is 0. The van der Waals surface area contributed by atoms with Crippen LogP contribution in [0.5, 0.6) is 0 Å². The molecule has 0 radical (unpaired) electrons. The maximum atomic E-state index is 12.4. The van der Waals surface area contributed by atoms with Crippen LogP contribution in [-0.4, -0.2) is 61.7 Å². The zero-order chi connectivity index (χ0) is 21.3. The van der Waals surface area contributed by atoms with Crippen molar-refractivity contribution >= 4 is 33.2 Å². The lowest BCUT2D eigenvalue weighted by molar-refractivity contribution is -0.130. The SMILES string of the molecule is Cc1cc(C)c(NC(=O)CNC(=O)[C@@H]2CC(=O)N([C@@H]3CCS(=O)(=O)C3)C2)c(C)c1. The summed E-state index contributed by atoms with van der Waals surface area (Å²) in [5.74, 6) is -1.43. The van der Waals surface area contributed by atoms with Gasteiger partial charge in [0.2, 0.25) is 17.7 Å². The molecule has 2 atom stereocenters. The largest absolute Gasteiger partial charge is 0.347 e. The Morgan fingerprint density at radius 3 is 2.41 bits per heavy atom. The third kappa shape index (κ3) is 4.95. The summed E-state index contributed by atoms with van der Waals surface area (Å²) in [6.45, 7) is 5.82. The van der Waals surface area contributed by atoms with E-state index in [1.54, 1.807) is 0 Å². The van der Waals surface area contributed by atoms with Gasteiger partial charge in [-0.05, 0) is 38.3 Å². The molecule has 0 saturated carbocycles. The number of likely N-dealkylation sites (tertiary alicyclic amines) is 1. The maximum absolute atomic E-state index is 12.4. The highest BCUT2D eigenvalue weighted by Gasteiger charge is 2.41. The molecule has 0 unspecified atom stereocenters. The van der Waals surface area contributed by atoms with Crippen molar-refractivity contribution in [3.63, 3.8) is 0 Å². The Balaban J connectivity index is 1.52. The number of anilines is 1. The molecule has 158 valence electrons. The zero-order valence-electron chi connectivity index (χ0n) is 16.9. The first-order valence-corrected chi connectivity index (χ1v) is 11.5. The average molecular weight is 422 g/mol. The molecule has 0 spiro atoms. The summed E-state index contributed by atoms with van der Waals surface area (Å²) in [6, 6.07) is 3.60. The number of hydrogen-bond donors (Lipinski definition) is 2. The molecule has 2 heterocycles. The minimum Gasteiger partial charge on any atom is -0.347 e. The second kappa shape index (κ2) is 8.14. The first-order chi connectivity index (χ1) is 13.6. The second-order valence-corrected chi connectivity index (χ2v) is 10.3. The zero-order valence-corrected chi connectivity index (χ0v) is 17.8. The minimum absolute atomic E-state index is 0.0370. The maximum Gasteiger partial charge on any atom is 0.243 e. The van der Waals surface area contributed by atoms with Gasteiger partial charge in [-0.3, -0.25) is 14.4 Å². The molecule has 8 nitrogen and oxygen atoms in total. The van der Waals surface area contributed by atoms with Crippen molar-refractivity contribution < 1.29 is 22.8 Å². The van der Waals surface area contributed by atoms with Crippen LogP contribution in [0.1, 0.15) is 29.5 Å². The van der Waals surface area contributed by atoms with Crippen LogP contribution in [-0.2, 0) is 24.2 Å². The molecule has 1 aromatic rings. The van der Waals surface area contributed by atoms with E-state index in [2.05, 4.69) is 10.6 Å². The Kier molecular flexibility index (Phi) is 5.97. The number of aryl methyl sites for hydroxylation is 3. The highest BCUT2D eigenvalue weighted by molar-refractivity contribution is 7.91. The van der Waals surface area contributed by atoms with Gasteiger partial charge in [0.1, 0.15) is 0 Å². The summed E-state index contributed by atoms with van der Waals surface area (Å²) in [5.41, 5.74) is 3.74. The van der Waals surface area contributed by atoms with E-state index in [0.29, 0.717) is 6.42 Å². The summed E-state index contributed by atoms with van der Waals surface area (Å²) in [4.78, 5) is 38.4. The van der Waals surface area contributed by atoms with E-state index in [9.17, 15) is 22.8 Å². The Labute approximate surface area is 170 Å². The number of carbonyl (C=O) groups excluding carboxylic acids is 3. The number of nitrogens with one attached hydrogen (secondary N) is 2. The van der Waals surface area contributed by atoms with Crippen LogP contribution in [0.25, 0.3) is 0 Å². The highest BCUT2D eigenvalue weighted by Crippen LogP contribution is 2.26. The van der Waals surface area contributed by atoms with Crippen LogP contribution in [0.4, 0.5) is 5.69 Å². The normalized spacial score (nSPS) is 23.3. The summed E-state index contributed by atoms with van der Waals surface area (Å²) in [7, 11) is -3.10. The molecule has 0 aliphatic carbocycles. The number of sulfone groups is 1. The first kappa shape index (κ1) is 21.3. The van der Waals surface area contributed by atoms with Crippen molar-refractivity contribution in [2.75, 3.05) is 29.9 Å². The molecule has 2 aliphatic heterocycles. The fourth-order valence-electron chi connectivity index (χ4n) is 4.15. The van der Waals surface area contributed by atoms with Gasteiger partial charge >= 0.3 is 0 Å². The molecular weight excluding hydrogens is 394 g/mol. The fourth-order valence-corrected chi connectivity index (χ4v) is 5.88. The third-order valence-electron chi connectivity index (χ3n) is 5.54. The molecule has 2 fully saturated rings. The predicted molar refractivity (Wildman–Crippen MR) is 109 cm³/mol. The molecule has 2 N–H and O–H groups in total. The molecule has 0 aromatic heterocycles. The van der Waals surface area contributed by atoms with Crippen LogP contribution >= 0.6 is 0 Å². The lowest BCUT2D eigenvalue weighted by Gasteiger charge is -2.22. The van der Waals surface area contributed by atoms with Crippen molar-refractivity contribution in [2.45, 2.75) is 39.7 Å². The Hall–Kier alpha value is -2.42. The van der Waals surface area contributed by atoms with Gasteiger partial charge in [-0.1, -0.05) is 17.7 Å². The van der Waals surface area contributed by atoms with Crippen molar-refractivity contribution in [2.24, 2.45) is 5.92 Å². The van der Waals surface area contributed by atoms with Gasteiger partial charge in [-0.25, -0.2) is 8.42 Å². The van der Waals surface area contributed by atoms with Crippen molar-refractivity contribution in [1.82, 2.24) is 10.2 Å². The van der Waals surface area contributed by atoms with E-state index in [1.165, 1.54) is 4.90 Å². The molecule has 1 aromatic carbocycles. The van der Waals surface area contributed by atoms with E-state index in [-0.39, 0.29) is 54.8 Å². The molecular formula is C20H27N3O5S. The van der Waals surface area contributed by atoms with Gasteiger partial charge in [0, 0.05) is 24.7 Å². The van der Waals surface area contributed by atoms with Gasteiger partial charge < -0.3 is 15.5 Å². The van der Waals surface area contributed by atoms with E-state index in [1.807, 2.05) is 32.9 Å². The summed E-state index contributed by atoms with van der Waals surface area (Å²) < 4.78 is 23.3. The van der Waals surface area contributed by atoms with Crippen molar-refractivity contribution in [1.29, 1.82) is 0 Å². The quantitative estimate of drug-likeness (QED) is 0.727. The number of nitrogens with zero attached hydrogens (tertiary/aromatic N) is 1. The van der Waals surface area contributed by atoms with Gasteiger partial charge in [-0.2, -0.15) is 0 Å². The Morgan fingerprint density at radius 2 is 1.83 bits per heavy atom. The number of carbonyl (C=O) groups is 3. The smallest absolute Gasteiger partial charge is 0.243 e. The van der Waals surface area contributed by atoms with Crippen molar-refractivity contribution in [3.05, 3.63) is 28.8 Å². The number of amides is 3. The summed E-state index contributed by atoms with van der Waals surface area (Å²) in [6.07, 6.45) is 0.459. The monoisotopic (exact) mass is 421 g/mol. The van der Waals surface area contributed by atoms with Gasteiger partial charge in [0.05, 0.1) is 24.0 Å². The minimum atomic E-state index is -3.10. The lowest BCUT2D eigenvalue weighted by atomic mass is 10.1. The van der Waals surface area contributed by atoms with Crippen LogP contribution < -0.4 is 10.6 Å². The van der Waals surface area contributed by atoms with E-state index in [4.69, 9.17) is 0 Å². The standard InChI is InChI=1S/C20H27N3O5S/c1-12-6-13(2)19(14(3)7-12)22-17(24)9-21-20(26)15-8-18(25)23(10-15)16-4-5-29(27,28)11-16/h6-7,15-16H,4-5,8-11H2,1-3H3,(H,21,26)(H,22,24)/t15-,16-/m1/s1. The van der Waals surface area contributed by atoms with Crippen LogP contribution in [0, 0.1) is 26.7 Å². The van der Waals surface area contributed by atoms with Gasteiger partial charge in [0.15, 0.2) is 9.84 Å². The van der Waals surface area contributed by atoms with Crippen LogP contribution in [0.3, 0.4) is 0 Å². The van der Waals surface area contributed by atoms with Gasteiger partial charge in [0.25, 0.3) is 0 Å². The molecule has 2 saturated heterocycles. The van der Waals surface area contributed by atoms with Gasteiger partial charge in [-0.15, -0.1) is 0 Å². The molecule has 2 aliphatic rings.